The molecular weight excluding hydrogens is 260 g/mol. The van der Waals surface area contributed by atoms with Crippen molar-refractivity contribution < 1.29 is 0 Å². The van der Waals surface area contributed by atoms with Gasteiger partial charge < -0.3 is 5.32 Å². The van der Waals surface area contributed by atoms with Crippen molar-refractivity contribution in [2.75, 3.05) is 19.6 Å². The first kappa shape index (κ1) is 16.5. The number of nitrogens with zero attached hydrogens (tertiary/aromatic N) is 3. The monoisotopic (exact) mass is 292 g/mol. The standard InChI is InChI=1S/C17H32N4/c1-6-7-15-11-18-16(17(2,3)4)13-21(15)9-8-14-10-19-20(5)12-14/h10,12,15-16,18H,6-9,11,13H2,1-5H3. The van der Waals surface area contributed by atoms with Crippen molar-refractivity contribution in [3.05, 3.63) is 18.0 Å². The van der Waals surface area contributed by atoms with E-state index in [1.54, 1.807) is 0 Å². The maximum Gasteiger partial charge on any atom is 0.0522 e. The molecule has 1 aliphatic rings. The van der Waals surface area contributed by atoms with E-state index < -0.39 is 0 Å². The van der Waals surface area contributed by atoms with Crippen LogP contribution in [0.15, 0.2) is 12.4 Å². The first-order valence-electron chi connectivity index (χ1n) is 8.35. The molecule has 1 saturated heterocycles. The average molecular weight is 292 g/mol. The molecule has 0 aromatic carbocycles. The van der Waals surface area contributed by atoms with Crippen LogP contribution in [0, 0.1) is 5.41 Å². The molecule has 0 spiro atoms. The highest BCUT2D eigenvalue weighted by Gasteiger charge is 2.33. The van der Waals surface area contributed by atoms with Crippen molar-refractivity contribution in [1.82, 2.24) is 20.0 Å². The minimum atomic E-state index is 0.323. The van der Waals surface area contributed by atoms with Crippen LogP contribution >= 0.6 is 0 Å². The van der Waals surface area contributed by atoms with Gasteiger partial charge in [-0.3, -0.25) is 9.58 Å². The van der Waals surface area contributed by atoms with Gasteiger partial charge in [0.1, 0.15) is 0 Å². The van der Waals surface area contributed by atoms with Crippen molar-refractivity contribution in [3.8, 4) is 0 Å². The van der Waals surface area contributed by atoms with Crippen LogP contribution in [0.2, 0.25) is 0 Å². The minimum absolute atomic E-state index is 0.323. The van der Waals surface area contributed by atoms with Gasteiger partial charge in [0.05, 0.1) is 6.20 Å². The van der Waals surface area contributed by atoms with Gasteiger partial charge in [0.25, 0.3) is 0 Å². The molecule has 1 aliphatic heterocycles. The fourth-order valence-corrected chi connectivity index (χ4v) is 3.20. The summed E-state index contributed by atoms with van der Waals surface area (Å²) in [5.74, 6) is 0. The average Bonchev–Trinajstić information content (AvgIpc) is 2.82. The zero-order valence-electron chi connectivity index (χ0n) is 14.4. The predicted molar refractivity (Wildman–Crippen MR) is 88.4 cm³/mol. The summed E-state index contributed by atoms with van der Waals surface area (Å²) in [5.41, 5.74) is 1.67. The van der Waals surface area contributed by atoms with Crippen LogP contribution in [0.4, 0.5) is 0 Å². The van der Waals surface area contributed by atoms with Gasteiger partial charge in [-0.2, -0.15) is 5.10 Å². The Morgan fingerprint density at radius 1 is 1.38 bits per heavy atom. The molecule has 0 aliphatic carbocycles. The highest BCUT2D eigenvalue weighted by atomic mass is 15.2. The molecule has 0 saturated carbocycles. The maximum absolute atomic E-state index is 4.28. The molecule has 2 heterocycles. The molecule has 2 rings (SSSR count). The van der Waals surface area contributed by atoms with E-state index in [0.29, 0.717) is 17.5 Å². The SMILES string of the molecule is CCCC1CNC(C(C)(C)C)CN1CCc1cnn(C)c1. The number of aryl methyl sites for hydroxylation is 1. The lowest BCUT2D eigenvalue weighted by molar-refractivity contribution is 0.0819. The number of nitrogens with one attached hydrogen (secondary N) is 1. The molecule has 0 radical (unpaired) electrons. The van der Waals surface area contributed by atoms with Gasteiger partial charge in [-0.1, -0.05) is 34.1 Å². The molecule has 4 nitrogen and oxygen atoms in total. The second kappa shape index (κ2) is 6.93. The van der Waals surface area contributed by atoms with Crippen molar-refractivity contribution in [2.24, 2.45) is 12.5 Å². The normalized spacial score (nSPS) is 24.4. The minimum Gasteiger partial charge on any atom is -0.311 e. The second-order valence-corrected chi connectivity index (χ2v) is 7.54. The molecule has 21 heavy (non-hydrogen) atoms. The van der Waals surface area contributed by atoms with Crippen molar-refractivity contribution in [3.63, 3.8) is 0 Å². The highest BCUT2D eigenvalue weighted by molar-refractivity contribution is 5.04. The summed E-state index contributed by atoms with van der Waals surface area (Å²) < 4.78 is 1.90. The molecule has 2 atom stereocenters. The van der Waals surface area contributed by atoms with Crippen molar-refractivity contribution in [2.45, 2.75) is 59.0 Å². The van der Waals surface area contributed by atoms with E-state index in [9.17, 15) is 0 Å². The van der Waals surface area contributed by atoms with Crippen LogP contribution in [-0.4, -0.2) is 46.4 Å². The van der Waals surface area contributed by atoms with Crippen LogP contribution in [-0.2, 0) is 13.5 Å². The second-order valence-electron chi connectivity index (χ2n) is 7.54. The third kappa shape index (κ3) is 4.55. The maximum atomic E-state index is 4.28. The number of rotatable bonds is 5. The summed E-state index contributed by atoms with van der Waals surface area (Å²) >= 11 is 0. The smallest absolute Gasteiger partial charge is 0.0522 e. The first-order valence-corrected chi connectivity index (χ1v) is 8.35. The molecule has 0 bridgehead atoms. The van der Waals surface area contributed by atoms with Crippen LogP contribution in [0.1, 0.15) is 46.1 Å². The van der Waals surface area contributed by atoms with Gasteiger partial charge in [-0.25, -0.2) is 0 Å². The number of hydrogen-bond acceptors (Lipinski definition) is 3. The molecule has 4 heteroatoms. The fraction of sp³-hybridized carbons (Fsp3) is 0.824. The molecule has 1 N–H and O–H groups in total. The van der Waals surface area contributed by atoms with Gasteiger partial charge in [-0.15, -0.1) is 0 Å². The predicted octanol–water partition coefficient (Wildman–Crippen LogP) is 2.45. The van der Waals surface area contributed by atoms with E-state index >= 15 is 0 Å². The zero-order chi connectivity index (χ0) is 15.5. The molecule has 120 valence electrons. The lowest BCUT2D eigenvalue weighted by atomic mass is 9.84. The zero-order valence-corrected chi connectivity index (χ0v) is 14.4. The fourth-order valence-electron chi connectivity index (χ4n) is 3.20. The topological polar surface area (TPSA) is 33.1 Å². The molecular formula is C17H32N4. The van der Waals surface area contributed by atoms with Crippen molar-refractivity contribution >= 4 is 0 Å². The summed E-state index contributed by atoms with van der Waals surface area (Å²) in [6, 6.07) is 1.27. The third-order valence-corrected chi connectivity index (χ3v) is 4.65. The lowest BCUT2D eigenvalue weighted by Gasteiger charge is -2.45. The number of aromatic nitrogens is 2. The van der Waals surface area contributed by atoms with Gasteiger partial charge in [-0.05, 0) is 23.8 Å². The number of hydrogen-bond donors (Lipinski definition) is 1. The molecule has 1 aromatic heterocycles. The Hall–Kier alpha value is -0.870. The largest absolute Gasteiger partial charge is 0.311 e. The summed E-state index contributed by atoms with van der Waals surface area (Å²) in [7, 11) is 1.99. The van der Waals surface area contributed by atoms with Gasteiger partial charge >= 0.3 is 0 Å². The Balaban J connectivity index is 1.96. The molecule has 0 amide bonds. The van der Waals surface area contributed by atoms with E-state index in [-0.39, 0.29) is 0 Å². The quantitative estimate of drug-likeness (QED) is 0.905. The summed E-state index contributed by atoms with van der Waals surface area (Å²) in [6.45, 7) is 12.7. The molecule has 2 unspecified atom stereocenters. The number of piperazine rings is 1. The Kier molecular flexibility index (Phi) is 5.44. The lowest BCUT2D eigenvalue weighted by Crippen LogP contribution is -2.60. The Labute approximate surface area is 129 Å². The van der Waals surface area contributed by atoms with Crippen LogP contribution in [0.3, 0.4) is 0 Å². The summed E-state index contributed by atoms with van der Waals surface area (Å²) in [5, 5.41) is 8.04. The van der Waals surface area contributed by atoms with E-state index in [1.165, 1.54) is 18.4 Å². The van der Waals surface area contributed by atoms with Gasteiger partial charge in [0.15, 0.2) is 0 Å². The van der Waals surface area contributed by atoms with Crippen LogP contribution in [0.5, 0.6) is 0 Å². The van der Waals surface area contributed by atoms with Gasteiger partial charge in [0, 0.05) is 45.0 Å². The van der Waals surface area contributed by atoms with E-state index in [0.717, 1.165) is 26.1 Å². The van der Waals surface area contributed by atoms with Crippen molar-refractivity contribution in [1.29, 1.82) is 0 Å². The van der Waals surface area contributed by atoms with E-state index in [1.807, 2.05) is 17.9 Å². The Morgan fingerprint density at radius 2 is 2.14 bits per heavy atom. The van der Waals surface area contributed by atoms with Gasteiger partial charge in [0.2, 0.25) is 0 Å². The Morgan fingerprint density at radius 3 is 2.71 bits per heavy atom. The summed E-state index contributed by atoms with van der Waals surface area (Å²) in [6.07, 6.45) is 7.79. The third-order valence-electron chi connectivity index (χ3n) is 4.65. The molecule has 1 fully saturated rings. The first-order chi connectivity index (χ1) is 9.90. The van der Waals surface area contributed by atoms with E-state index in [4.69, 9.17) is 0 Å². The van der Waals surface area contributed by atoms with Crippen LogP contribution < -0.4 is 5.32 Å². The molecule has 1 aromatic rings. The van der Waals surface area contributed by atoms with E-state index in [2.05, 4.69) is 49.2 Å². The van der Waals surface area contributed by atoms with Crippen LogP contribution in [0.25, 0.3) is 0 Å². The summed E-state index contributed by atoms with van der Waals surface area (Å²) in [4.78, 5) is 2.70. The Bertz CT molecular complexity index is 432. The highest BCUT2D eigenvalue weighted by Crippen LogP contribution is 2.24.